The summed E-state index contributed by atoms with van der Waals surface area (Å²) < 4.78 is 25.8. The number of rotatable bonds is 10. The molecule has 0 spiro atoms. The Balaban J connectivity index is 0. The molecule has 0 saturated heterocycles. The molecule has 0 amide bonds. The van der Waals surface area contributed by atoms with Gasteiger partial charge in [0.2, 0.25) is 10.0 Å². The van der Waals surface area contributed by atoms with Crippen LogP contribution in [0.25, 0.3) is 0 Å². The molecule has 2 N–H and O–H groups in total. The lowest BCUT2D eigenvalue weighted by Crippen LogP contribution is -2.42. The molecule has 0 heterocycles. The van der Waals surface area contributed by atoms with Crippen LogP contribution in [0.15, 0.2) is 4.99 Å². The van der Waals surface area contributed by atoms with E-state index in [4.69, 9.17) is 0 Å². The molecular formula is C14H33IN4O2S2. The van der Waals surface area contributed by atoms with Crippen molar-refractivity contribution in [1.82, 2.24) is 14.9 Å². The number of hydrogen-bond donors (Lipinski definition) is 2. The van der Waals surface area contributed by atoms with Crippen LogP contribution in [0, 0.1) is 0 Å². The van der Waals surface area contributed by atoms with E-state index in [1.165, 1.54) is 4.31 Å². The van der Waals surface area contributed by atoms with Crippen LogP contribution in [0.1, 0.15) is 34.6 Å². The Labute approximate surface area is 163 Å². The molecule has 0 radical (unpaired) electrons. The summed E-state index contributed by atoms with van der Waals surface area (Å²) in [6, 6.07) is 0. The van der Waals surface area contributed by atoms with Crippen molar-refractivity contribution in [3.05, 3.63) is 0 Å². The van der Waals surface area contributed by atoms with Crippen LogP contribution < -0.4 is 10.6 Å². The molecule has 140 valence electrons. The molecule has 0 aromatic carbocycles. The third-order valence-electron chi connectivity index (χ3n) is 3.27. The summed E-state index contributed by atoms with van der Waals surface area (Å²) in [5.74, 6) is 0.741. The molecule has 0 bridgehead atoms. The molecule has 0 rings (SSSR count). The van der Waals surface area contributed by atoms with Crippen LogP contribution in [0.3, 0.4) is 0 Å². The number of nitrogens with zero attached hydrogens (tertiary/aromatic N) is 2. The highest BCUT2D eigenvalue weighted by atomic mass is 127. The molecule has 0 aliphatic heterocycles. The first-order chi connectivity index (χ1) is 10.2. The fraction of sp³-hybridized carbons (Fsp3) is 0.929. The zero-order chi connectivity index (χ0) is 17.2. The largest absolute Gasteiger partial charge is 0.357 e. The van der Waals surface area contributed by atoms with E-state index in [1.54, 1.807) is 11.8 Å². The molecule has 0 unspecified atom stereocenters. The number of guanidine groups is 1. The number of halogens is 1. The maximum Gasteiger partial charge on any atom is 0.215 e. The fourth-order valence-corrected chi connectivity index (χ4v) is 3.32. The molecule has 6 nitrogen and oxygen atoms in total. The Kier molecular flexibility index (Phi) is 14.0. The summed E-state index contributed by atoms with van der Waals surface area (Å²) in [5.41, 5.74) is 0. The third kappa shape index (κ3) is 10.7. The Morgan fingerprint density at radius 2 is 1.74 bits per heavy atom. The predicted molar refractivity (Wildman–Crippen MR) is 114 cm³/mol. The van der Waals surface area contributed by atoms with Crippen LogP contribution in [0.5, 0.6) is 0 Å². The summed E-state index contributed by atoms with van der Waals surface area (Å²) in [7, 11) is -3.20. The molecule has 0 atom stereocenters. The fourth-order valence-electron chi connectivity index (χ4n) is 1.72. The second kappa shape index (κ2) is 12.6. The number of sulfonamides is 1. The van der Waals surface area contributed by atoms with Gasteiger partial charge in [0.05, 0.1) is 12.3 Å². The highest BCUT2D eigenvalue weighted by Gasteiger charge is 2.19. The molecule has 0 aromatic heterocycles. The molecule has 9 heteroatoms. The quantitative estimate of drug-likeness (QED) is 0.284. The van der Waals surface area contributed by atoms with E-state index in [0.29, 0.717) is 32.1 Å². The smallest absolute Gasteiger partial charge is 0.215 e. The third-order valence-corrected chi connectivity index (χ3v) is 6.52. The van der Waals surface area contributed by atoms with Crippen molar-refractivity contribution >= 4 is 51.7 Å². The first-order valence-electron chi connectivity index (χ1n) is 7.77. The maximum absolute atomic E-state index is 12.1. The molecular weight excluding hydrogens is 447 g/mol. The van der Waals surface area contributed by atoms with Crippen molar-refractivity contribution < 1.29 is 8.42 Å². The standard InChI is InChI=1S/C14H32N4O2S2.HI/c1-7-15-13(17-12-14(4,5)21-6)16-10-11-22(19,20)18(8-2)9-3;/h7-12H2,1-6H3,(H2,15,16,17);1H. The summed E-state index contributed by atoms with van der Waals surface area (Å²) in [5, 5.41) is 6.24. The summed E-state index contributed by atoms with van der Waals surface area (Å²) >= 11 is 1.76. The van der Waals surface area contributed by atoms with Crippen LogP contribution >= 0.6 is 35.7 Å². The topological polar surface area (TPSA) is 73.8 Å². The van der Waals surface area contributed by atoms with Gasteiger partial charge in [-0.2, -0.15) is 11.8 Å². The first kappa shape index (κ1) is 25.5. The lowest BCUT2D eigenvalue weighted by atomic mass is 10.2. The lowest BCUT2D eigenvalue weighted by molar-refractivity contribution is 0.445. The second-order valence-electron chi connectivity index (χ2n) is 5.49. The maximum atomic E-state index is 12.1. The highest BCUT2D eigenvalue weighted by Crippen LogP contribution is 2.20. The van der Waals surface area contributed by atoms with Crippen molar-refractivity contribution in [2.24, 2.45) is 4.99 Å². The van der Waals surface area contributed by atoms with E-state index in [-0.39, 0.29) is 34.5 Å². The van der Waals surface area contributed by atoms with Crippen LogP contribution in [0.4, 0.5) is 0 Å². The van der Waals surface area contributed by atoms with Gasteiger partial charge < -0.3 is 10.6 Å². The van der Waals surface area contributed by atoms with E-state index in [9.17, 15) is 8.42 Å². The minimum absolute atomic E-state index is 0. The van der Waals surface area contributed by atoms with Gasteiger partial charge in [-0.1, -0.05) is 13.8 Å². The van der Waals surface area contributed by atoms with E-state index < -0.39 is 10.0 Å². The van der Waals surface area contributed by atoms with E-state index in [0.717, 1.165) is 6.54 Å². The first-order valence-corrected chi connectivity index (χ1v) is 10.6. The lowest BCUT2D eigenvalue weighted by Gasteiger charge is -2.21. The number of aliphatic imine (C=N–C) groups is 1. The predicted octanol–water partition coefficient (Wildman–Crippen LogP) is 1.97. The second-order valence-corrected chi connectivity index (χ2v) is 9.09. The number of thioether (sulfide) groups is 1. The minimum atomic E-state index is -3.20. The monoisotopic (exact) mass is 480 g/mol. The molecule has 0 fully saturated rings. The average Bonchev–Trinajstić information content (AvgIpc) is 2.45. The van der Waals surface area contributed by atoms with Gasteiger partial charge in [-0.25, -0.2) is 12.7 Å². The van der Waals surface area contributed by atoms with Gasteiger partial charge in [0, 0.05) is 30.9 Å². The summed E-state index contributed by atoms with van der Waals surface area (Å²) in [6.45, 7) is 12.7. The molecule has 0 saturated carbocycles. The van der Waals surface area contributed by atoms with Crippen molar-refractivity contribution in [1.29, 1.82) is 0 Å². The van der Waals surface area contributed by atoms with Crippen LogP contribution in [0.2, 0.25) is 0 Å². The van der Waals surface area contributed by atoms with Crippen molar-refractivity contribution in [3.8, 4) is 0 Å². The van der Waals surface area contributed by atoms with Gasteiger partial charge in [-0.05, 0) is 27.0 Å². The summed E-state index contributed by atoms with van der Waals surface area (Å²) in [6.07, 6.45) is 2.06. The Hall–Kier alpha value is 0.260. The zero-order valence-corrected chi connectivity index (χ0v) is 19.1. The Morgan fingerprint density at radius 1 is 1.17 bits per heavy atom. The minimum Gasteiger partial charge on any atom is -0.357 e. The normalized spacial score (nSPS) is 12.9. The van der Waals surface area contributed by atoms with E-state index in [2.05, 4.69) is 35.7 Å². The van der Waals surface area contributed by atoms with E-state index >= 15 is 0 Å². The van der Waals surface area contributed by atoms with Gasteiger partial charge in [0.15, 0.2) is 5.96 Å². The van der Waals surface area contributed by atoms with Crippen molar-refractivity contribution in [3.63, 3.8) is 0 Å². The number of nitrogens with one attached hydrogen (secondary N) is 2. The van der Waals surface area contributed by atoms with Gasteiger partial charge in [-0.15, -0.1) is 24.0 Å². The van der Waals surface area contributed by atoms with Crippen molar-refractivity contribution in [2.45, 2.75) is 39.4 Å². The molecule has 23 heavy (non-hydrogen) atoms. The molecule has 0 aromatic rings. The van der Waals surface area contributed by atoms with Crippen LogP contribution in [-0.4, -0.2) is 68.2 Å². The van der Waals surface area contributed by atoms with Gasteiger partial charge >= 0.3 is 0 Å². The van der Waals surface area contributed by atoms with E-state index in [1.807, 2.05) is 20.8 Å². The highest BCUT2D eigenvalue weighted by molar-refractivity contribution is 14.0. The summed E-state index contributed by atoms with van der Waals surface area (Å²) in [4.78, 5) is 4.53. The van der Waals surface area contributed by atoms with Gasteiger partial charge in [-0.3, -0.25) is 4.99 Å². The van der Waals surface area contributed by atoms with Gasteiger partial charge in [0.1, 0.15) is 0 Å². The Morgan fingerprint density at radius 3 is 2.17 bits per heavy atom. The van der Waals surface area contributed by atoms with Crippen LogP contribution in [-0.2, 0) is 10.0 Å². The molecule has 0 aliphatic carbocycles. The van der Waals surface area contributed by atoms with Gasteiger partial charge in [0.25, 0.3) is 0 Å². The zero-order valence-electron chi connectivity index (χ0n) is 15.2. The average molecular weight is 480 g/mol. The SMILES string of the molecule is CCNC(=NCC(C)(C)SC)NCCS(=O)(=O)N(CC)CC.I. The number of hydrogen-bond acceptors (Lipinski definition) is 4. The Bertz CT molecular complexity index is 438. The van der Waals surface area contributed by atoms with Crippen molar-refractivity contribution in [2.75, 3.05) is 44.7 Å². The molecule has 0 aliphatic rings.